The SMILES string of the molecule is CCCCC(=O)Nc1cccc(SCC(=O)Nc2nc(-c3ccc4ccccc4c3)cs2)c1. The van der Waals surface area contributed by atoms with Crippen LogP contribution in [0.5, 0.6) is 0 Å². The first-order valence-electron chi connectivity index (χ1n) is 10.9. The number of nitrogens with one attached hydrogen (secondary N) is 2. The van der Waals surface area contributed by atoms with E-state index in [1.54, 1.807) is 0 Å². The maximum Gasteiger partial charge on any atom is 0.236 e. The molecule has 0 fully saturated rings. The Balaban J connectivity index is 1.32. The fourth-order valence-electron chi connectivity index (χ4n) is 3.34. The van der Waals surface area contributed by atoms with Crippen LogP contribution >= 0.6 is 23.1 Å². The van der Waals surface area contributed by atoms with Gasteiger partial charge in [0.15, 0.2) is 5.13 Å². The molecule has 4 aromatic rings. The highest BCUT2D eigenvalue weighted by molar-refractivity contribution is 8.00. The van der Waals surface area contributed by atoms with Gasteiger partial charge in [-0.1, -0.05) is 55.8 Å². The van der Waals surface area contributed by atoms with Gasteiger partial charge in [-0.15, -0.1) is 23.1 Å². The van der Waals surface area contributed by atoms with E-state index in [9.17, 15) is 9.59 Å². The molecule has 0 unspecified atom stereocenters. The number of unbranched alkanes of at least 4 members (excludes halogenated alkanes) is 1. The molecule has 0 radical (unpaired) electrons. The van der Waals surface area contributed by atoms with Crippen molar-refractivity contribution < 1.29 is 9.59 Å². The number of carbonyl (C=O) groups excluding carboxylic acids is 2. The topological polar surface area (TPSA) is 71.1 Å². The number of benzene rings is 3. The van der Waals surface area contributed by atoms with E-state index >= 15 is 0 Å². The third-order valence-electron chi connectivity index (χ3n) is 5.04. The molecule has 1 aromatic heterocycles. The van der Waals surface area contributed by atoms with Crippen molar-refractivity contribution >= 4 is 56.5 Å². The van der Waals surface area contributed by atoms with Crippen molar-refractivity contribution in [3.8, 4) is 11.3 Å². The molecule has 0 spiro atoms. The fourth-order valence-corrected chi connectivity index (χ4v) is 4.83. The Labute approximate surface area is 201 Å². The lowest BCUT2D eigenvalue weighted by atomic mass is 10.1. The predicted octanol–water partition coefficient (Wildman–Crippen LogP) is 6.82. The lowest BCUT2D eigenvalue weighted by molar-refractivity contribution is -0.116. The maximum absolute atomic E-state index is 12.5. The van der Waals surface area contributed by atoms with Crippen LogP contribution in [0.4, 0.5) is 10.8 Å². The number of aromatic nitrogens is 1. The summed E-state index contributed by atoms with van der Waals surface area (Å²) in [7, 11) is 0. The van der Waals surface area contributed by atoms with Crippen LogP contribution in [0.1, 0.15) is 26.2 Å². The zero-order valence-electron chi connectivity index (χ0n) is 18.3. The van der Waals surface area contributed by atoms with Gasteiger partial charge in [0.25, 0.3) is 0 Å². The normalized spacial score (nSPS) is 10.8. The minimum atomic E-state index is -0.114. The summed E-state index contributed by atoms with van der Waals surface area (Å²) in [6, 6.07) is 22.0. The summed E-state index contributed by atoms with van der Waals surface area (Å²) < 4.78 is 0. The summed E-state index contributed by atoms with van der Waals surface area (Å²) in [5.74, 6) is 0.164. The smallest absolute Gasteiger partial charge is 0.236 e. The quantitative estimate of drug-likeness (QED) is 0.261. The number of anilines is 2. The molecule has 0 saturated heterocycles. The molecule has 168 valence electrons. The third kappa shape index (κ3) is 6.43. The van der Waals surface area contributed by atoms with Crippen LogP contribution in [0.25, 0.3) is 22.0 Å². The van der Waals surface area contributed by atoms with Crippen LogP contribution in [0.2, 0.25) is 0 Å². The predicted molar refractivity (Wildman–Crippen MR) is 139 cm³/mol. The molecule has 5 nitrogen and oxygen atoms in total. The molecule has 0 bridgehead atoms. The summed E-state index contributed by atoms with van der Waals surface area (Å²) >= 11 is 2.84. The third-order valence-corrected chi connectivity index (χ3v) is 6.79. The first kappa shape index (κ1) is 23.0. The van der Waals surface area contributed by atoms with E-state index in [0.717, 1.165) is 40.1 Å². The van der Waals surface area contributed by atoms with Gasteiger partial charge in [-0.05, 0) is 41.5 Å². The van der Waals surface area contributed by atoms with Gasteiger partial charge in [0.05, 0.1) is 11.4 Å². The Morgan fingerprint density at radius 1 is 0.939 bits per heavy atom. The van der Waals surface area contributed by atoms with Gasteiger partial charge < -0.3 is 10.6 Å². The van der Waals surface area contributed by atoms with Crippen molar-refractivity contribution in [2.45, 2.75) is 31.1 Å². The van der Waals surface area contributed by atoms with Crippen molar-refractivity contribution in [2.24, 2.45) is 0 Å². The van der Waals surface area contributed by atoms with Crippen molar-refractivity contribution in [2.75, 3.05) is 16.4 Å². The lowest BCUT2D eigenvalue weighted by Crippen LogP contribution is -2.14. The molecular weight excluding hydrogens is 450 g/mol. The number of rotatable bonds is 9. The molecule has 0 aliphatic rings. The molecule has 2 N–H and O–H groups in total. The summed E-state index contributed by atoms with van der Waals surface area (Å²) in [6.45, 7) is 2.06. The zero-order valence-corrected chi connectivity index (χ0v) is 20.0. The second-order valence-electron chi connectivity index (χ2n) is 7.62. The van der Waals surface area contributed by atoms with E-state index in [1.165, 1.54) is 28.5 Å². The van der Waals surface area contributed by atoms with Gasteiger partial charge in [0.1, 0.15) is 0 Å². The Bertz CT molecular complexity index is 1270. The summed E-state index contributed by atoms with van der Waals surface area (Å²) in [4.78, 5) is 29.9. The number of nitrogens with zero attached hydrogens (tertiary/aromatic N) is 1. The Kier molecular flexibility index (Phi) is 7.75. The van der Waals surface area contributed by atoms with E-state index in [2.05, 4.69) is 46.8 Å². The average molecular weight is 476 g/mol. The van der Waals surface area contributed by atoms with Gasteiger partial charge in [-0.25, -0.2) is 4.98 Å². The molecule has 0 aliphatic heterocycles. The lowest BCUT2D eigenvalue weighted by Gasteiger charge is -2.07. The van der Waals surface area contributed by atoms with Gasteiger partial charge in [-0.3, -0.25) is 9.59 Å². The molecule has 0 saturated carbocycles. The highest BCUT2D eigenvalue weighted by Crippen LogP contribution is 2.28. The molecular formula is C26H25N3O2S2. The van der Waals surface area contributed by atoms with E-state index in [1.807, 2.05) is 47.8 Å². The Hall–Kier alpha value is -3.16. The van der Waals surface area contributed by atoms with Gasteiger partial charge in [-0.2, -0.15) is 0 Å². The largest absolute Gasteiger partial charge is 0.326 e. The van der Waals surface area contributed by atoms with Crippen LogP contribution in [0.15, 0.2) is 77.0 Å². The summed E-state index contributed by atoms with van der Waals surface area (Å²) in [6.07, 6.45) is 2.38. The molecule has 33 heavy (non-hydrogen) atoms. The van der Waals surface area contributed by atoms with Gasteiger partial charge in [0, 0.05) is 27.9 Å². The minimum absolute atomic E-state index is 0.0164. The number of amides is 2. The molecule has 4 rings (SSSR count). The van der Waals surface area contributed by atoms with Crippen LogP contribution in [-0.4, -0.2) is 22.6 Å². The van der Waals surface area contributed by atoms with Crippen LogP contribution in [-0.2, 0) is 9.59 Å². The molecule has 1 heterocycles. The first-order valence-corrected chi connectivity index (χ1v) is 12.7. The van der Waals surface area contributed by atoms with Gasteiger partial charge in [0.2, 0.25) is 11.8 Å². The Morgan fingerprint density at radius 2 is 1.79 bits per heavy atom. The second kappa shape index (κ2) is 11.1. The van der Waals surface area contributed by atoms with Gasteiger partial charge >= 0.3 is 0 Å². The van der Waals surface area contributed by atoms with Crippen LogP contribution < -0.4 is 10.6 Å². The minimum Gasteiger partial charge on any atom is -0.326 e. The number of hydrogen-bond acceptors (Lipinski definition) is 5. The highest BCUT2D eigenvalue weighted by Gasteiger charge is 2.10. The van der Waals surface area contributed by atoms with Crippen molar-refractivity contribution in [3.05, 3.63) is 72.1 Å². The molecule has 3 aromatic carbocycles. The summed E-state index contributed by atoms with van der Waals surface area (Å²) in [5.41, 5.74) is 2.62. The zero-order chi connectivity index (χ0) is 23.0. The average Bonchev–Trinajstić information content (AvgIpc) is 3.30. The van der Waals surface area contributed by atoms with E-state index in [-0.39, 0.29) is 17.6 Å². The number of carbonyl (C=O) groups is 2. The van der Waals surface area contributed by atoms with E-state index in [4.69, 9.17) is 0 Å². The molecule has 0 aliphatic carbocycles. The molecule has 2 amide bonds. The molecule has 7 heteroatoms. The molecule has 0 atom stereocenters. The standard InChI is InChI=1S/C26H25N3O2S2/c1-2-3-11-24(30)27-21-9-6-10-22(15-21)32-17-25(31)29-26-28-23(16-33-26)20-13-12-18-7-4-5-8-19(18)14-20/h4-10,12-16H,2-3,11,17H2,1H3,(H,27,30)(H,28,29,31). The van der Waals surface area contributed by atoms with Crippen molar-refractivity contribution in [1.29, 1.82) is 0 Å². The highest BCUT2D eigenvalue weighted by atomic mass is 32.2. The fraction of sp³-hybridized carbons (Fsp3) is 0.192. The van der Waals surface area contributed by atoms with Crippen LogP contribution in [0.3, 0.4) is 0 Å². The number of thiazole rings is 1. The maximum atomic E-state index is 12.5. The van der Waals surface area contributed by atoms with Crippen LogP contribution in [0, 0.1) is 0 Å². The number of thioether (sulfide) groups is 1. The summed E-state index contributed by atoms with van der Waals surface area (Å²) in [5, 5.41) is 10.7. The van der Waals surface area contributed by atoms with Crippen molar-refractivity contribution in [3.63, 3.8) is 0 Å². The first-order chi connectivity index (χ1) is 16.1. The van der Waals surface area contributed by atoms with E-state index < -0.39 is 0 Å². The van der Waals surface area contributed by atoms with E-state index in [0.29, 0.717) is 11.6 Å². The van der Waals surface area contributed by atoms with Crippen molar-refractivity contribution in [1.82, 2.24) is 4.98 Å². The Morgan fingerprint density at radius 3 is 2.64 bits per heavy atom. The number of fused-ring (bicyclic) bond motifs is 1. The second-order valence-corrected chi connectivity index (χ2v) is 9.52. The monoisotopic (exact) mass is 475 g/mol. The number of hydrogen-bond donors (Lipinski definition) is 2.